The zero-order valence-corrected chi connectivity index (χ0v) is 19.4. The Morgan fingerprint density at radius 3 is 2.25 bits per heavy atom. The first-order valence-corrected chi connectivity index (χ1v) is 11.8. The summed E-state index contributed by atoms with van der Waals surface area (Å²) in [5.74, 6) is 1.63. The van der Waals surface area contributed by atoms with Crippen molar-refractivity contribution in [3.63, 3.8) is 0 Å². The maximum atomic E-state index is 13.2. The molecular weight excluding hydrogens is 405 g/mol. The predicted octanol–water partition coefficient (Wildman–Crippen LogP) is 3.66. The number of aromatic nitrogens is 2. The number of halogens is 1. The molecule has 4 rings (SSSR count). The van der Waals surface area contributed by atoms with Crippen LogP contribution < -0.4 is 4.90 Å². The minimum atomic E-state index is -0.213. The van der Waals surface area contributed by atoms with E-state index in [1.54, 1.807) is 0 Å². The van der Waals surface area contributed by atoms with Crippen LogP contribution in [0.3, 0.4) is 0 Å². The second kappa shape index (κ2) is 9.94. The molecular formula is C25H34FN5O. The topological polar surface area (TPSA) is 52.6 Å². The molecule has 0 spiro atoms. The summed E-state index contributed by atoms with van der Waals surface area (Å²) in [4.78, 5) is 28.9. The molecule has 32 heavy (non-hydrogen) atoms. The Labute approximate surface area is 190 Å². The van der Waals surface area contributed by atoms with Crippen molar-refractivity contribution < 1.29 is 9.18 Å². The SMILES string of the molecule is CC(C)c1nccc(C2CCN(C(=O)C(C)N3CCN(c4ccc(F)cc4)CC3)CC2)n1. The van der Waals surface area contributed by atoms with Gasteiger partial charge in [-0.2, -0.15) is 0 Å². The first-order valence-electron chi connectivity index (χ1n) is 11.8. The Morgan fingerprint density at radius 2 is 1.62 bits per heavy atom. The molecule has 0 saturated carbocycles. The second-order valence-corrected chi connectivity index (χ2v) is 9.27. The van der Waals surface area contributed by atoms with Gasteiger partial charge in [0, 0.05) is 68.7 Å². The van der Waals surface area contributed by atoms with E-state index in [0.717, 1.165) is 69.3 Å². The van der Waals surface area contributed by atoms with E-state index >= 15 is 0 Å². The molecule has 0 bridgehead atoms. The molecule has 172 valence electrons. The molecule has 3 heterocycles. The zero-order valence-electron chi connectivity index (χ0n) is 19.4. The number of hydrogen-bond donors (Lipinski definition) is 0. The molecule has 0 N–H and O–H groups in total. The lowest BCUT2D eigenvalue weighted by Crippen LogP contribution is -2.55. The molecule has 1 amide bonds. The Bertz CT molecular complexity index is 903. The van der Waals surface area contributed by atoms with Gasteiger partial charge in [0.25, 0.3) is 0 Å². The lowest BCUT2D eigenvalue weighted by atomic mass is 9.92. The van der Waals surface area contributed by atoms with Crippen molar-refractivity contribution in [2.24, 2.45) is 0 Å². The first kappa shape index (κ1) is 22.6. The van der Waals surface area contributed by atoms with E-state index in [1.807, 2.05) is 36.2 Å². The first-order chi connectivity index (χ1) is 15.4. The number of amides is 1. The van der Waals surface area contributed by atoms with Crippen LogP contribution in [0.4, 0.5) is 10.1 Å². The number of anilines is 1. The van der Waals surface area contributed by atoms with Gasteiger partial charge in [-0.1, -0.05) is 13.8 Å². The number of carbonyl (C=O) groups excluding carboxylic acids is 1. The highest BCUT2D eigenvalue weighted by Crippen LogP contribution is 2.28. The van der Waals surface area contributed by atoms with Crippen LogP contribution in [0.5, 0.6) is 0 Å². The monoisotopic (exact) mass is 439 g/mol. The fraction of sp³-hybridized carbons (Fsp3) is 0.560. The van der Waals surface area contributed by atoms with Gasteiger partial charge in [-0.3, -0.25) is 9.69 Å². The number of hydrogen-bond acceptors (Lipinski definition) is 5. The number of piperazine rings is 1. The van der Waals surface area contributed by atoms with Crippen LogP contribution in [-0.4, -0.2) is 71.0 Å². The molecule has 1 unspecified atom stereocenters. The number of likely N-dealkylation sites (tertiary alicyclic amines) is 1. The zero-order chi connectivity index (χ0) is 22.7. The molecule has 7 heteroatoms. The average molecular weight is 440 g/mol. The van der Waals surface area contributed by atoms with E-state index in [9.17, 15) is 9.18 Å². The summed E-state index contributed by atoms with van der Waals surface area (Å²) < 4.78 is 13.2. The summed E-state index contributed by atoms with van der Waals surface area (Å²) >= 11 is 0. The normalized spacial score (nSPS) is 19.4. The summed E-state index contributed by atoms with van der Waals surface area (Å²) in [6, 6.07) is 8.56. The van der Waals surface area contributed by atoms with Crippen LogP contribution in [0.2, 0.25) is 0 Å². The van der Waals surface area contributed by atoms with Crippen molar-refractivity contribution in [3.05, 3.63) is 53.9 Å². The molecule has 1 aromatic carbocycles. The van der Waals surface area contributed by atoms with Gasteiger partial charge in [-0.15, -0.1) is 0 Å². The van der Waals surface area contributed by atoms with E-state index in [1.165, 1.54) is 12.1 Å². The molecule has 0 aliphatic carbocycles. The quantitative estimate of drug-likeness (QED) is 0.712. The molecule has 0 radical (unpaired) electrons. The Kier molecular flexibility index (Phi) is 7.04. The summed E-state index contributed by atoms with van der Waals surface area (Å²) in [6.07, 6.45) is 3.76. The number of rotatable bonds is 5. The van der Waals surface area contributed by atoms with Crippen LogP contribution in [0, 0.1) is 5.82 Å². The van der Waals surface area contributed by atoms with E-state index in [4.69, 9.17) is 4.98 Å². The predicted molar refractivity (Wildman–Crippen MR) is 124 cm³/mol. The molecule has 2 saturated heterocycles. The van der Waals surface area contributed by atoms with Crippen LogP contribution >= 0.6 is 0 Å². The molecule has 1 aromatic heterocycles. The highest BCUT2D eigenvalue weighted by Gasteiger charge is 2.31. The lowest BCUT2D eigenvalue weighted by Gasteiger charge is -2.41. The largest absolute Gasteiger partial charge is 0.369 e. The molecule has 6 nitrogen and oxygen atoms in total. The minimum absolute atomic E-state index is 0.117. The molecule has 2 aromatic rings. The van der Waals surface area contributed by atoms with Gasteiger partial charge in [0.1, 0.15) is 11.6 Å². The van der Waals surface area contributed by atoms with Crippen molar-refractivity contribution in [2.45, 2.75) is 51.5 Å². The van der Waals surface area contributed by atoms with Crippen LogP contribution in [0.25, 0.3) is 0 Å². The highest BCUT2D eigenvalue weighted by atomic mass is 19.1. The van der Waals surface area contributed by atoms with Crippen molar-refractivity contribution in [1.29, 1.82) is 0 Å². The maximum Gasteiger partial charge on any atom is 0.239 e. The van der Waals surface area contributed by atoms with Crippen molar-refractivity contribution in [1.82, 2.24) is 19.8 Å². The van der Waals surface area contributed by atoms with Gasteiger partial charge < -0.3 is 9.80 Å². The summed E-state index contributed by atoms with van der Waals surface area (Å²) in [5.41, 5.74) is 2.15. The van der Waals surface area contributed by atoms with Crippen molar-refractivity contribution in [3.8, 4) is 0 Å². The minimum Gasteiger partial charge on any atom is -0.369 e. The Hall–Kier alpha value is -2.54. The lowest BCUT2D eigenvalue weighted by molar-refractivity contribution is -0.137. The van der Waals surface area contributed by atoms with Crippen LogP contribution in [-0.2, 0) is 4.79 Å². The summed E-state index contributed by atoms with van der Waals surface area (Å²) in [6.45, 7) is 11.2. The standard InChI is InChI=1S/C25H34FN5O/c1-18(2)24-27-11-8-23(28-24)20-9-12-31(13-10-20)25(32)19(3)29-14-16-30(17-15-29)22-6-4-21(26)5-7-22/h4-8,11,18-20H,9-10,12-17H2,1-3H3. The number of piperidine rings is 1. The smallest absolute Gasteiger partial charge is 0.239 e. The fourth-order valence-electron chi connectivity index (χ4n) is 4.73. The fourth-order valence-corrected chi connectivity index (χ4v) is 4.73. The Morgan fingerprint density at radius 1 is 0.969 bits per heavy atom. The van der Waals surface area contributed by atoms with Crippen molar-refractivity contribution >= 4 is 11.6 Å². The number of carbonyl (C=O) groups is 1. The third-order valence-corrected chi connectivity index (χ3v) is 6.85. The van der Waals surface area contributed by atoms with Gasteiger partial charge in [-0.05, 0) is 50.1 Å². The van der Waals surface area contributed by atoms with E-state index in [-0.39, 0.29) is 17.8 Å². The second-order valence-electron chi connectivity index (χ2n) is 9.27. The summed E-state index contributed by atoms with van der Waals surface area (Å²) in [5, 5.41) is 0. The van der Waals surface area contributed by atoms with Crippen LogP contribution in [0.1, 0.15) is 57.0 Å². The summed E-state index contributed by atoms with van der Waals surface area (Å²) in [7, 11) is 0. The Balaban J connectivity index is 1.28. The van der Waals surface area contributed by atoms with Gasteiger partial charge >= 0.3 is 0 Å². The highest BCUT2D eigenvalue weighted by molar-refractivity contribution is 5.81. The van der Waals surface area contributed by atoms with Gasteiger partial charge in [0.05, 0.1) is 6.04 Å². The number of nitrogens with zero attached hydrogens (tertiary/aromatic N) is 5. The van der Waals surface area contributed by atoms with Gasteiger partial charge in [0.15, 0.2) is 0 Å². The van der Waals surface area contributed by atoms with Gasteiger partial charge in [0.2, 0.25) is 5.91 Å². The molecule has 2 aliphatic heterocycles. The third-order valence-electron chi connectivity index (χ3n) is 6.85. The van der Waals surface area contributed by atoms with Crippen LogP contribution in [0.15, 0.2) is 36.5 Å². The maximum absolute atomic E-state index is 13.2. The molecule has 2 aliphatic rings. The van der Waals surface area contributed by atoms with Gasteiger partial charge in [-0.25, -0.2) is 14.4 Å². The van der Waals surface area contributed by atoms with E-state index in [2.05, 4.69) is 28.6 Å². The molecule has 2 fully saturated rings. The van der Waals surface area contributed by atoms with Crippen molar-refractivity contribution in [2.75, 3.05) is 44.2 Å². The van der Waals surface area contributed by atoms with E-state index < -0.39 is 0 Å². The third kappa shape index (κ3) is 5.09. The average Bonchev–Trinajstić information content (AvgIpc) is 2.84. The number of benzene rings is 1. The van der Waals surface area contributed by atoms with E-state index in [0.29, 0.717) is 11.8 Å². The molecule has 1 atom stereocenters.